The maximum absolute atomic E-state index is 12.4. The maximum Gasteiger partial charge on any atom is 0.219 e. The molecule has 1 amide bonds. The van der Waals surface area contributed by atoms with E-state index in [2.05, 4.69) is 30.7 Å². The van der Waals surface area contributed by atoms with E-state index in [1.54, 1.807) is 12.6 Å². The van der Waals surface area contributed by atoms with E-state index in [0.717, 1.165) is 54.0 Å². The number of likely N-dealkylation sites (tertiary alicyclic amines) is 2. The van der Waals surface area contributed by atoms with Crippen LogP contribution in [0.15, 0.2) is 4.99 Å². The average molecular weight is 468 g/mol. The minimum Gasteiger partial charge on any atom is -0.340 e. The van der Waals surface area contributed by atoms with E-state index in [-0.39, 0.29) is 0 Å². The number of hydrogen-bond acceptors (Lipinski definition) is 3. The fourth-order valence-corrected chi connectivity index (χ4v) is 10.2. The Bertz CT molecular complexity index is 809. The van der Waals surface area contributed by atoms with Crippen molar-refractivity contribution in [3.05, 3.63) is 0 Å². The lowest BCUT2D eigenvalue weighted by Crippen LogP contribution is -2.53. The lowest BCUT2D eigenvalue weighted by Gasteiger charge is -2.50. The molecule has 2 saturated heterocycles. The van der Waals surface area contributed by atoms with Crippen LogP contribution < -0.4 is 0 Å². The van der Waals surface area contributed by atoms with Gasteiger partial charge in [0.25, 0.3) is 0 Å². The Labute approximate surface area is 208 Å². The second-order valence-corrected chi connectivity index (χ2v) is 13.8. The molecule has 34 heavy (non-hydrogen) atoms. The molecular weight excluding hydrogens is 418 g/mol. The second-order valence-electron chi connectivity index (χ2n) is 13.8. The molecule has 0 aromatic heterocycles. The van der Waals surface area contributed by atoms with Gasteiger partial charge in [-0.2, -0.15) is 0 Å². The van der Waals surface area contributed by atoms with E-state index in [1.165, 1.54) is 77.2 Å². The van der Waals surface area contributed by atoms with Gasteiger partial charge in [-0.15, -0.1) is 0 Å². The summed E-state index contributed by atoms with van der Waals surface area (Å²) in [4.78, 5) is 23.0. The molecule has 6 aliphatic rings. The molecule has 11 atom stereocenters. The quantitative estimate of drug-likeness (QED) is 0.526. The van der Waals surface area contributed by atoms with Crippen LogP contribution in [-0.4, -0.2) is 59.7 Å². The molecule has 0 aromatic rings. The van der Waals surface area contributed by atoms with Crippen molar-refractivity contribution in [2.24, 2.45) is 52.3 Å². The number of hydrogen-bond donors (Lipinski definition) is 0. The molecule has 6 rings (SSSR count). The monoisotopic (exact) mass is 467 g/mol. The van der Waals surface area contributed by atoms with Gasteiger partial charge in [0, 0.05) is 43.7 Å². The van der Waals surface area contributed by atoms with E-state index in [0.29, 0.717) is 23.9 Å². The van der Waals surface area contributed by atoms with Crippen LogP contribution in [0.25, 0.3) is 0 Å². The van der Waals surface area contributed by atoms with Gasteiger partial charge >= 0.3 is 0 Å². The highest BCUT2D eigenvalue weighted by atomic mass is 16.2. The van der Waals surface area contributed by atoms with Gasteiger partial charge in [0.1, 0.15) is 0 Å². The van der Waals surface area contributed by atoms with Crippen molar-refractivity contribution < 1.29 is 4.79 Å². The first-order valence-corrected chi connectivity index (χ1v) is 14.9. The molecule has 4 nitrogen and oxygen atoms in total. The lowest BCUT2D eigenvalue weighted by molar-refractivity contribution is -0.137. The number of amides is 1. The van der Waals surface area contributed by atoms with Crippen LogP contribution in [0.3, 0.4) is 0 Å². The molecule has 4 heteroatoms. The number of rotatable bonds is 2. The summed E-state index contributed by atoms with van der Waals surface area (Å²) in [6.45, 7) is 9.02. The van der Waals surface area contributed by atoms with Crippen molar-refractivity contribution in [2.75, 3.05) is 20.1 Å². The van der Waals surface area contributed by atoms with Gasteiger partial charge in [0.05, 0.1) is 6.04 Å². The molecule has 3 aliphatic heterocycles. The van der Waals surface area contributed by atoms with Gasteiger partial charge in [0.15, 0.2) is 0 Å². The standard InChI is InChI=1S/C30H49N3O/c1-18-11-22-16-28-25(23-15-27(22)29(12-18)32(4)17-23)8-7-24(31-28)14-21-10-19(2)13-30-26(21)6-5-9-33(30)20(3)34/h18-19,21-27,29-30H,5-17H2,1-4H3/t18-,19+,21-,22+,23-,24+,25?,26+,27-,29+,30-/m1/s1. The van der Waals surface area contributed by atoms with Crippen LogP contribution in [0.5, 0.6) is 0 Å². The van der Waals surface area contributed by atoms with Crippen LogP contribution in [0.1, 0.15) is 91.4 Å². The van der Waals surface area contributed by atoms with Crippen molar-refractivity contribution in [2.45, 2.75) is 110 Å². The SMILES string of the molecule is CC(=O)N1CCC[C@H]2[C@@H](C[C@@H]3CCC4C(=N3)C[C@@H]3C[C@@H](C)C[C@H]5[C@@H]3C[C@@H]4CN5C)C[C@H](C)C[C@H]21. The minimum atomic E-state index is 0.304. The van der Waals surface area contributed by atoms with Crippen molar-refractivity contribution in [1.29, 1.82) is 0 Å². The van der Waals surface area contributed by atoms with Crippen LogP contribution in [0.4, 0.5) is 0 Å². The molecule has 0 N–H and O–H groups in total. The number of aliphatic imine (C=N–C) groups is 1. The third kappa shape index (κ3) is 4.18. The molecule has 3 heterocycles. The fraction of sp³-hybridized carbons (Fsp3) is 0.933. The first kappa shape index (κ1) is 23.5. The summed E-state index contributed by atoms with van der Waals surface area (Å²) in [6, 6.07) is 1.87. The van der Waals surface area contributed by atoms with E-state index >= 15 is 0 Å². The Morgan fingerprint density at radius 1 is 0.941 bits per heavy atom. The second kappa shape index (κ2) is 9.20. The Hall–Kier alpha value is -0.900. The number of carbonyl (C=O) groups is 1. The van der Waals surface area contributed by atoms with Gasteiger partial charge < -0.3 is 9.80 Å². The summed E-state index contributed by atoms with van der Waals surface area (Å²) in [5.41, 5.74) is 1.64. The molecule has 3 aliphatic carbocycles. The van der Waals surface area contributed by atoms with Crippen molar-refractivity contribution >= 4 is 11.6 Å². The molecule has 3 saturated carbocycles. The largest absolute Gasteiger partial charge is 0.340 e. The molecule has 1 unspecified atom stereocenters. The Balaban J connectivity index is 1.21. The third-order valence-corrected chi connectivity index (χ3v) is 11.5. The van der Waals surface area contributed by atoms with Crippen LogP contribution >= 0.6 is 0 Å². The summed E-state index contributed by atoms with van der Waals surface area (Å²) in [7, 11) is 2.42. The average Bonchev–Trinajstić information content (AvgIpc) is 2.92. The van der Waals surface area contributed by atoms with Crippen LogP contribution in [0, 0.1) is 47.3 Å². The van der Waals surface area contributed by atoms with Gasteiger partial charge in [-0.25, -0.2) is 0 Å². The summed E-state index contributed by atoms with van der Waals surface area (Å²) >= 11 is 0. The van der Waals surface area contributed by atoms with E-state index in [9.17, 15) is 4.79 Å². The zero-order valence-corrected chi connectivity index (χ0v) is 22.3. The van der Waals surface area contributed by atoms with Crippen molar-refractivity contribution in [3.63, 3.8) is 0 Å². The first-order valence-electron chi connectivity index (χ1n) is 14.9. The highest BCUT2D eigenvalue weighted by molar-refractivity contribution is 5.88. The fourth-order valence-electron chi connectivity index (χ4n) is 10.2. The minimum absolute atomic E-state index is 0.304. The first-order chi connectivity index (χ1) is 16.4. The third-order valence-electron chi connectivity index (χ3n) is 11.5. The van der Waals surface area contributed by atoms with Crippen molar-refractivity contribution in [3.8, 4) is 0 Å². The summed E-state index contributed by atoms with van der Waals surface area (Å²) in [5.74, 6) is 6.81. The predicted molar refractivity (Wildman–Crippen MR) is 139 cm³/mol. The van der Waals surface area contributed by atoms with E-state index in [1.807, 2.05) is 0 Å². The Morgan fingerprint density at radius 2 is 1.74 bits per heavy atom. The van der Waals surface area contributed by atoms with Gasteiger partial charge in [-0.1, -0.05) is 13.8 Å². The maximum atomic E-state index is 12.4. The van der Waals surface area contributed by atoms with E-state index < -0.39 is 0 Å². The molecule has 190 valence electrons. The number of carbonyl (C=O) groups excluding carboxylic acids is 1. The summed E-state index contributed by atoms with van der Waals surface area (Å²) in [6.07, 6.45) is 14.7. The topological polar surface area (TPSA) is 35.9 Å². The zero-order chi connectivity index (χ0) is 23.6. The molecular formula is C30H49N3O. The highest BCUT2D eigenvalue weighted by Crippen LogP contribution is 2.51. The van der Waals surface area contributed by atoms with Gasteiger partial charge in [-0.3, -0.25) is 9.79 Å². The van der Waals surface area contributed by atoms with Gasteiger partial charge in [-0.05, 0) is 119 Å². The molecule has 0 spiro atoms. The Kier molecular flexibility index (Phi) is 6.36. The number of piperidine rings is 2. The molecule has 0 aromatic carbocycles. The molecule has 2 bridgehead atoms. The van der Waals surface area contributed by atoms with Crippen LogP contribution in [-0.2, 0) is 4.79 Å². The predicted octanol–water partition coefficient (Wildman–Crippen LogP) is 5.66. The van der Waals surface area contributed by atoms with Crippen LogP contribution in [0.2, 0.25) is 0 Å². The number of nitrogens with zero attached hydrogens (tertiary/aromatic N) is 3. The normalized spacial score (nSPS) is 48.9. The summed E-state index contributed by atoms with van der Waals surface area (Å²) < 4.78 is 0. The highest BCUT2D eigenvalue weighted by Gasteiger charge is 2.49. The lowest BCUT2D eigenvalue weighted by atomic mass is 9.65. The Morgan fingerprint density at radius 3 is 2.56 bits per heavy atom. The smallest absolute Gasteiger partial charge is 0.219 e. The number of fused-ring (bicyclic) bond motifs is 4. The van der Waals surface area contributed by atoms with E-state index in [4.69, 9.17) is 4.99 Å². The molecule has 5 fully saturated rings. The van der Waals surface area contributed by atoms with Gasteiger partial charge in [0.2, 0.25) is 5.91 Å². The summed E-state index contributed by atoms with van der Waals surface area (Å²) in [5, 5.41) is 0. The van der Waals surface area contributed by atoms with Crippen molar-refractivity contribution in [1.82, 2.24) is 9.80 Å². The molecule has 0 radical (unpaired) electrons. The zero-order valence-electron chi connectivity index (χ0n) is 22.3.